The summed E-state index contributed by atoms with van der Waals surface area (Å²) in [7, 11) is 1.54. The van der Waals surface area contributed by atoms with Gasteiger partial charge < -0.3 is 9.47 Å². The number of amides is 1. The molecule has 31 heavy (non-hydrogen) atoms. The van der Waals surface area contributed by atoms with Crippen LogP contribution in [0.25, 0.3) is 6.08 Å². The Morgan fingerprint density at radius 2 is 1.71 bits per heavy atom. The van der Waals surface area contributed by atoms with E-state index in [4.69, 9.17) is 21.1 Å². The third kappa shape index (κ3) is 4.18. The van der Waals surface area contributed by atoms with E-state index in [1.807, 2.05) is 73.7 Å². The van der Waals surface area contributed by atoms with Crippen LogP contribution in [-0.4, -0.2) is 25.3 Å². The molecule has 1 heterocycles. The molecule has 6 heteroatoms. The molecule has 1 amide bonds. The highest BCUT2D eigenvalue weighted by Gasteiger charge is 2.32. The van der Waals surface area contributed by atoms with Crippen molar-refractivity contribution in [2.24, 2.45) is 5.10 Å². The van der Waals surface area contributed by atoms with Crippen LogP contribution in [0.5, 0.6) is 11.5 Å². The topological polar surface area (TPSA) is 51.1 Å². The van der Waals surface area contributed by atoms with Crippen molar-refractivity contribution in [1.82, 2.24) is 0 Å². The number of anilines is 1. The summed E-state index contributed by atoms with van der Waals surface area (Å²) in [5, 5.41) is 6.47. The molecule has 0 unspecified atom stereocenters. The van der Waals surface area contributed by atoms with Crippen molar-refractivity contribution in [2.45, 2.75) is 6.92 Å². The summed E-state index contributed by atoms with van der Waals surface area (Å²) >= 11 is 6.41. The highest BCUT2D eigenvalue weighted by atomic mass is 35.5. The van der Waals surface area contributed by atoms with Crippen LogP contribution in [0.3, 0.4) is 0 Å². The number of hydrogen-bond acceptors (Lipinski definition) is 4. The fourth-order valence-corrected chi connectivity index (χ4v) is 3.69. The van der Waals surface area contributed by atoms with Gasteiger partial charge in [-0.15, -0.1) is 0 Å². The van der Waals surface area contributed by atoms with Crippen LogP contribution in [-0.2, 0) is 4.79 Å². The van der Waals surface area contributed by atoms with Crippen LogP contribution in [0.15, 0.2) is 83.5 Å². The van der Waals surface area contributed by atoms with Crippen molar-refractivity contribution in [3.8, 4) is 11.5 Å². The summed E-state index contributed by atoms with van der Waals surface area (Å²) in [5.74, 6) is 0.772. The molecule has 0 bridgehead atoms. The first-order chi connectivity index (χ1) is 15.1. The van der Waals surface area contributed by atoms with E-state index in [2.05, 4.69) is 5.10 Å². The second-order valence-electron chi connectivity index (χ2n) is 6.79. The van der Waals surface area contributed by atoms with Gasteiger partial charge in [-0.25, -0.2) is 0 Å². The maximum absolute atomic E-state index is 13.4. The molecule has 5 nitrogen and oxygen atoms in total. The Bertz CT molecular complexity index is 1160. The fraction of sp³-hybridized carbons (Fsp3) is 0.120. The molecule has 0 N–H and O–H groups in total. The van der Waals surface area contributed by atoms with Crippen LogP contribution < -0.4 is 14.5 Å². The van der Waals surface area contributed by atoms with Gasteiger partial charge in [-0.2, -0.15) is 10.1 Å². The highest BCUT2D eigenvalue weighted by molar-refractivity contribution is 6.37. The Morgan fingerprint density at radius 1 is 1.03 bits per heavy atom. The minimum absolute atomic E-state index is 0.213. The quantitative estimate of drug-likeness (QED) is 0.477. The number of carbonyl (C=O) groups is 1. The van der Waals surface area contributed by atoms with Crippen molar-refractivity contribution >= 4 is 35.0 Å². The van der Waals surface area contributed by atoms with E-state index in [1.165, 1.54) is 5.01 Å². The minimum Gasteiger partial charge on any atom is -0.491 e. The first-order valence-electron chi connectivity index (χ1n) is 9.88. The van der Waals surface area contributed by atoms with Crippen LogP contribution in [0.2, 0.25) is 5.02 Å². The first-order valence-corrected chi connectivity index (χ1v) is 10.3. The van der Waals surface area contributed by atoms with E-state index in [-0.39, 0.29) is 5.91 Å². The lowest BCUT2D eigenvalue weighted by Gasteiger charge is -2.13. The standard InChI is InChI=1S/C25H21ClN2O3/c1-3-31-22-16-17(15-21(26)24(22)30-2)14-20-23(18-10-6-4-7-11-18)27-28(25(20)29)19-12-8-5-9-13-19/h4-16H,3H2,1-2H3/b20-14-. The Kier molecular flexibility index (Phi) is 6.05. The number of carbonyl (C=O) groups excluding carboxylic acids is 1. The molecule has 0 atom stereocenters. The third-order valence-electron chi connectivity index (χ3n) is 4.77. The number of hydrazone groups is 1. The van der Waals surface area contributed by atoms with Gasteiger partial charge in [0.15, 0.2) is 11.5 Å². The number of benzene rings is 3. The van der Waals surface area contributed by atoms with E-state index >= 15 is 0 Å². The third-order valence-corrected chi connectivity index (χ3v) is 5.05. The van der Waals surface area contributed by atoms with Gasteiger partial charge in [0.05, 0.1) is 30.0 Å². The van der Waals surface area contributed by atoms with Crippen molar-refractivity contribution in [3.63, 3.8) is 0 Å². The fourth-order valence-electron chi connectivity index (χ4n) is 3.40. The molecule has 0 fully saturated rings. The smallest absolute Gasteiger partial charge is 0.281 e. The van der Waals surface area contributed by atoms with Crippen molar-refractivity contribution in [1.29, 1.82) is 0 Å². The number of halogens is 1. The Labute approximate surface area is 186 Å². The number of methoxy groups -OCH3 is 1. The van der Waals surface area contributed by atoms with Gasteiger partial charge >= 0.3 is 0 Å². The lowest BCUT2D eigenvalue weighted by Crippen LogP contribution is -2.21. The molecular formula is C25H21ClN2O3. The summed E-state index contributed by atoms with van der Waals surface area (Å²) in [6.07, 6.45) is 1.78. The van der Waals surface area contributed by atoms with Crippen molar-refractivity contribution < 1.29 is 14.3 Å². The summed E-state index contributed by atoms with van der Waals surface area (Å²) < 4.78 is 11.0. The summed E-state index contributed by atoms with van der Waals surface area (Å²) in [6, 6.07) is 22.5. The van der Waals surface area contributed by atoms with Gasteiger partial charge in [-0.05, 0) is 42.8 Å². The molecular weight excluding hydrogens is 412 g/mol. The van der Waals surface area contributed by atoms with Crippen LogP contribution >= 0.6 is 11.6 Å². The lowest BCUT2D eigenvalue weighted by atomic mass is 10.00. The summed E-state index contributed by atoms with van der Waals surface area (Å²) in [5.41, 5.74) is 3.34. The van der Waals surface area contributed by atoms with Gasteiger partial charge in [0, 0.05) is 5.56 Å². The van der Waals surface area contributed by atoms with E-state index in [0.717, 1.165) is 11.1 Å². The van der Waals surface area contributed by atoms with Crippen LogP contribution in [0, 0.1) is 0 Å². The predicted octanol–water partition coefficient (Wildman–Crippen LogP) is 5.58. The summed E-state index contributed by atoms with van der Waals surface area (Å²) in [6.45, 7) is 2.35. The molecule has 0 aliphatic carbocycles. The van der Waals surface area contributed by atoms with E-state index in [9.17, 15) is 4.79 Å². The second-order valence-corrected chi connectivity index (χ2v) is 7.20. The number of hydrogen-bond donors (Lipinski definition) is 0. The zero-order valence-corrected chi connectivity index (χ0v) is 18.0. The van der Waals surface area contributed by atoms with Crippen molar-refractivity contribution in [2.75, 3.05) is 18.7 Å². The average Bonchev–Trinajstić information content (AvgIpc) is 3.11. The average molecular weight is 433 g/mol. The first kappa shape index (κ1) is 20.7. The van der Waals surface area contributed by atoms with E-state index in [0.29, 0.717) is 40.1 Å². The Hall–Kier alpha value is -3.57. The molecule has 4 rings (SSSR count). The lowest BCUT2D eigenvalue weighted by molar-refractivity contribution is -0.114. The molecule has 0 saturated carbocycles. The van der Waals surface area contributed by atoms with Gasteiger partial charge in [0.2, 0.25) is 0 Å². The van der Waals surface area contributed by atoms with E-state index < -0.39 is 0 Å². The SMILES string of the molecule is CCOc1cc(/C=C2\C(=O)N(c3ccccc3)N=C2c2ccccc2)cc(Cl)c1OC. The van der Waals surface area contributed by atoms with Gasteiger partial charge in [0.1, 0.15) is 5.71 Å². The largest absolute Gasteiger partial charge is 0.491 e. The molecule has 156 valence electrons. The predicted molar refractivity (Wildman–Crippen MR) is 124 cm³/mol. The second kappa shape index (κ2) is 9.06. The maximum Gasteiger partial charge on any atom is 0.281 e. The van der Waals surface area contributed by atoms with E-state index in [1.54, 1.807) is 19.3 Å². The molecule has 3 aromatic carbocycles. The molecule has 1 aliphatic heterocycles. The van der Waals surface area contributed by atoms with Crippen LogP contribution in [0.4, 0.5) is 5.69 Å². The zero-order valence-electron chi connectivity index (χ0n) is 17.2. The van der Waals surface area contributed by atoms with Gasteiger partial charge in [0.25, 0.3) is 5.91 Å². The van der Waals surface area contributed by atoms with Crippen molar-refractivity contribution in [3.05, 3.63) is 94.5 Å². The molecule has 0 radical (unpaired) electrons. The molecule has 0 spiro atoms. The number of rotatable bonds is 6. The number of ether oxygens (including phenoxy) is 2. The molecule has 0 saturated heterocycles. The molecule has 1 aliphatic rings. The Morgan fingerprint density at radius 3 is 2.35 bits per heavy atom. The molecule has 0 aromatic heterocycles. The van der Waals surface area contributed by atoms with Gasteiger partial charge in [-0.3, -0.25) is 4.79 Å². The van der Waals surface area contributed by atoms with Crippen LogP contribution in [0.1, 0.15) is 18.1 Å². The monoisotopic (exact) mass is 432 g/mol. The number of para-hydroxylation sites is 1. The zero-order chi connectivity index (χ0) is 21.8. The summed E-state index contributed by atoms with van der Waals surface area (Å²) in [4.78, 5) is 13.4. The highest BCUT2D eigenvalue weighted by Crippen LogP contribution is 2.37. The molecule has 3 aromatic rings. The minimum atomic E-state index is -0.213. The van der Waals surface area contributed by atoms with Gasteiger partial charge in [-0.1, -0.05) is 60.1 Å². The maximum atomic E-state index is 13.4. The number of nitrogens with zero attached hydrogens (tertiary/aromatic N) is 2. The normalized spacial score (nSPS) is 14.7. The Balaban J connectivity index is 1.83.